The molecule has 0 unspecified atom stereocenters. The molecule has 0 bridgehead atoms. The van der Waals surface area contributed by atoms with Crippen LogP contribution >= 0.6 is 11.6 Å². The third kappa shape index (κ3) is 4.35. The smallest absolute Gasteiger partial charge is 0.253 e. The number of nitrogens with one attached hydrogen (secondary N) is 1. The van der Waals surface area contributed by atoms with E-state index >= 15 is 0 Å². The van der Waals surface area contributed by atoms with Gasteiger partial charge in [-0.3, -0.25) is 9.59 Å². The molecule has 0 radical (unpaired) electrons. The van der Waals surface area contributed by atoms with Gasteiger partial charge in [0.15, 0.2) is 0 Å². The lowest BCUT2D eigenvalue weighted by Gasteiger charge is -2.36. The van der Waals surface area contributed by atoms with Gasteiger partial charge in [-0.25, -0.2) is 0 Å². The van der Waals surface area contributed by atoms with Crippen LogP contribution in [0.4, 0.5) is 5.69 Å². The number of carbonyl (C=O) groups is 2. The Morgan fingerprint density at radius 1 is 1.04 bits per heavy atom. The Bertz CT molecular complexity index is 801. The lowest BCUT2D eigenvalue weighted by molar-refractivity contribution is -0.130. The molecule has 2 amide bonds. The number of nitrogens with zero attached hydrogens (tertiary/aromatic N) is 2. The van der Waals surface area contributed by atoms with Crippen LogP contribution in [-0.2, 0) is 4.79 Å². The Morgan fingerprint density at radius 3 is 2.46 bits per heavy atom. The van der Waals surface area contributed by atoms with Crippen molar-refractivity contribution in [2.24, 2.45) is 0 Å². The zero-order valence-electron chi connectivity index (χ0n) is 14.7. The van der Waals surface area contributed by atoms with Crippen molar-refractivity contribution in [3.63, 3.8) is 0 Å². The summed E-state index contributed by atoms with van der Waals surface area (Å²) in [5.41, 5.74) is 2.79. The van der Waals surface area contributed by atoms with Crippen molar-refractivity contribution in [3.05, 3.63) is 64.7 Å². The number of carbonyl (C=O) groups excluding carboxylic acids is 2. The van der Waals surface area contributed by atoms with Gasteiger partial charge in [0.05, 0.1) is 17.1 Å². The average molecular weight is 372 g/mol. The van der Waals surface area contributed by atoms with Crippen LogP contribution in [0, 0.1) is 6.92 Å². The molecule has 0 saturated carbocycles. The molecule has 0 atom stereocenters. The molecule has 1 fully saturated rings. The summed E-state index contributed by atoms with van der Waals surface area (Å²) in [6, 6.07) is 15.2. The highest BCUT2D eigenvalue weighted by Gasteiger charge is 2.22. The van der Waals surface area contributed by atoms with E-state index in [2.05, 4.69) is 35.3 Å². The van der Waals surface area contributed by atoms with Crippen molar-refractivity contribution in [1.29, 1.82) is 0 Å². The topological polar surface area (TPSA) is 52.6 Å². The summed E-state index contributed by atoms with van der Waals surface area (Å²) < 4.78 is 0. The molecule has 136 valence electrons. The minimum absolute atomic E-state index is 0.0193. The van der Waals surface area contributed by atoms with Crippen molar-refractivity contribution in [2.75, 3.05) is 37.6 Å². The molecule has 1 aliphatic rings. The number of benzene rings is 2. The van der Waals surface area contributed by atoms with Crippen LogP contribution in [0.3, 0.4) is 0 Å². The molecule has 1 aliphatic heterocycles. The number of rotatable bonds is 4. The number of hydrogen-bond acceptors (Lipinski definition) is 3. The fraction of sp³-hybridized carbons (Fsp3) is 0.300. The minimum atomic E-state index is -0.331. The molecule has 0 aromatic heterocycles. The summed E-state index contributed by atoms with van der Waals surface area (Å²) in [6.45, 7) is 4.92. The van der Waals surface area contributed by atoms with Crippen molar-refractivity contribution < 1.29 is 9.59 Å². The molecule has 2 aromatic rings. The van der Waals surface area contributed by atoms with Gasteiger partial charge < -0.3 is 15.1 Å². The van der Waals surface area contributed by atoms with E-state index in [0.29, 0.717) is 23.7 Å². The molecular weight excluding hydrogens is 350 g/mol. The predicted molar refractivity (Wildman–Crippen MR) is 104 cm³/mol. The normalized spacial score (nSPS) is 14.2. The first-order valence-corrected chi connectivity index (χ1v) is 9.04. The summed E-state index contributed by atoms with van der Waals surface area (Å²) >= 11 is 6.01. The fourth-order valence-electron chi connectivity index (χ4n) is 3.05. The zero-order valence-corrected chi connectivity index (χ0v) is 15.5. The summed E-state index contributed by atoms with van der Waals surface area (Å²) in [6.07, 6.45) is 0. The first kappa shape index (κ1) is 18.3. The second kappa shape index (κ2) is 8.23. The maximum Gasteiger partial charge on any atom is 0.253 e. The van der Waals surface area contributed by atoms with Gasteiger partial charge in [-0.05, 0) is 36.8 Å². The van der Waals surface area contributed by atoms with Crippen molar-refractivity contribution in [1.82, 2.24) is 10.2 Å². The van der Waals surface area contributed by atoms with Crippen LogP contribution in [0.5, 0.6) is 0 Å². The lowest BCUT2D eigenvalue weighted by Crippen LogP contribution is -2.51. The SMILES string of the molecule is Cc1cccc(N2CCN(C(=O)CNC(=O)c3ccccc3Cl)CC2)c1. The number of piperazine rings is 1. The average Bonchev–Trinajstić information content (AvgIpc) is 2.66. The molecule has 1 heterocycles. The minimum Gasteiger partial charge on any atom is -0.368 e. The third-order valence-corrected chi connectivity index (χ3v) is 4.85. The maximum atomic E-state index is 12.4. The number of anilines is 1. The molecule has 2 aromatic carbocycles. The van der Waals surface area contributed by atoms with Gasteiger partial charge in [-0.1, -0.05) is 35.9 Å². The summed E-state index contributed by atoms with van der Waals surface area (Å²) in [5.74, 6) is -0.406. The van der Waals surface area contributed by atoms with Crippen molar-refractivity contribution in [2.45, 2.75) is 6.92 Å². The lowest BCUT2D eigenvalue weighted by atomic mass is 10.2. The predicted octanol–water partition coefficient (Wildman–Crippen LogP) is 2.73. The Balaban J connectivity index is 1.49. The molecule has 5 nitrogen and oxygen atoms in total. The van der Waals surface area contributed by atoms with Gasteiger partial charge >= 0.3 is 0 Å². The van der Waals surface area contributed by atoms with Gasteiger partial charge in [-0.15, -0.1) is 0 Å². The van der Waals surface area contributed by atoms with Crippen LogP contribution in [0.2, 0.25) is 5.02 Å². The van der Waals surface area contributed by atoms with Crippen LogP contribution in [-0.4, -0.2) is 49.4 Å². The standard InChI is InChI=1S/C20H22ClN3O2/c1-15-5-4-6-16(13-15)23-9-11-24(12-10-23)19(25)14-22-20(26)17-7-2-3-8-18(17)21/h2-8,13H,9-12,14H2,1H3,(H,22,26). The second-order valence-electron chi connectivity index (χ2n) is 6.37. The Kier molecular flexibility index (Phi) is 5.78. The number of amides is 2. The van der Waals surface area contributed by atoms with E-state index in [-0.39, 0.29) is 18.4 Å². The first-order chi connectivity index (χ1) is 12.5. The van der Waals surface area contributed by atoms with Crippen LogP contribution in [0.1, 0.15) is 15.9 Å². The second-order valence-corrected chi connectivity index (χ2v) is 6.78. The van der Waals surface area contributed by atoms with Crippen LogP contribution < -0.4 is 10.2 Å². The highest BCUT2D eigenvalue weighted by atomic mass is 35.5. The quantitative estimate of drug-likeness (QED) is 0.899. The van der Waals surface area contributed by atoms with Gasteiger partial charge in [0, 0.05) is 31.9 Å². The van der Waals surface area contributed by atoms with Crippen LogP contribution in [0.15, 0.2) is 48.5 Å². The van der Waals surface area contributed by atoms with E-state index in [9.17, 15) is 9.59 Å². The Hall–Kier alpha value is -2.53. The highest BCUT2D eigenvalue weighted by Crippen LogP contribution is 2.18. The van der Waals surface area contributed by atoms with Crippen molar-refractivity contribution >= 4 is 29.1 Å². The molecular formula is C20H22ClN3O2. The summed E-state index contributed by atoms with van der Waals surface area (Å²) in [7, 11) is 0. The Morgan fingerprint density at radius 2 is 1.77 bits per heavy atom. The van der Waals surface area contributed by atoms with Crippen molar-refractivity contribution in [3.8, 4) is 0 Å². The van der Waals surface area contributed by atoms with E-state index in [1.54, 1.807) is 29.2 Å². The van der Waals surface area contributed by atoms with Crippen LogP contribution in [0.25, 0.3) is 0 Å². The first-order valence-electron chi connectivity index (χ1n) is 8.67. The molecule has 3 rings (SSSR count). The Labute approximate surface area is 158 Å². The van der Waals surface area contributed by atoms with Gasteiger partial charge in [-0.2, -0.15) is 0 Å². The highest BCUT2D eigenvalue weighted by molar-refractivity contribution is 6.33. The molecule has 1 N–H and O–H groups in total. The summed E-state index contributed by atoms with van der Waals surface area (Å²) in [4.78, 5) is 28.6. The van der Waals surface area contributed by atoms with E-state index in [4.69, 9.17) is 11.6 Å². The fourth-order valence-corrected chi connectivity index (χ4v) is 3.27. The van der Waals surface area contributed by atoms with E-state index in [1.807, 2.05) is 6.07 Å². The maximum absolute atomic E-state index is 12.4. The number of aryl methyl sites for hydroxylation is 1. The molecule has 0 aliphatic carbocycles. The largest absolute Gasteiger partial charge is 0.368 e. The molecule has 26 heavy (non-hydrogen) atoms. The van der Waals surface area contributed by atoms with E-state index in [0.717, 1.165) is 13.1 Å². The van der Waals surface area contributed by atoms with Gasteiger partial charge in [0.1, 0.15) is 0 Å². The molecule has 1 saturated heterocycles. The number of hydrogen-bond donors (Lipinski definition) is 1. The zero-order chi connectivity index (χ0) is 18.5. The molecule has 6 heteroatoms. The number of halogens is 1. The molecule has 0 spiro atoms. The monoisotopic (exact) mass is 371 g/mol. The third-order valence-electron chi connectivity index (χ3n) is 4.52. The van der Waals surface area contributed by atoms with Gasteiger partial charge in [0.2, 0.25) is 5.91 Å². The van der Waals surface area contributed by atoms with Gasteiger partial charge in [0.25, 0.3) is 5.91 Å². The van der Waals surface area contributed by atoms with E-state index < -0.39 is 0 Å². The summed E-state index contributed by atoms with van der Waals surface area (Å²) in [5, 5.41) is 3.04. The van der Waals surface area contributed by atoms with E-state index in [1.165, 1.54) is 11.3 Å².